The Hall–Kier alpha value is -2.94. The number of rotatable bonds is 4. The van der Waals surface area contributed by atoms with E-state index in [4.69, 9.17) is 9.83 Å². The Bertz CT molecular complexity index is 770. The molecule has 3 rings (SSSR count). The molecule has 0 unspecified atom stereocenters. The van der Waals surface area contributed by atoms with Gasteiger partial charge >= 0.3 is 0 Å². The molecule has 0 radical (unpaired) electrons. The van der Waals surface area contributed by atoms with Gasteiger partial charge in [0.15, 0.2) is 0 Å². The summed E-state index contributed by atoms with van der Waals surface area (Å²) in [4.78, 5) is 3.86. The van der Waals surface area contributed by atoms with Crippen LogP contribution in [0.15, 0.2) is 76.5 Å². The Balaban J connectivity index is 1.91. The lowest BCUT2D eigenvalue weighted by atomic mass is 10.00. The number of hydrogen-bond acceptors (Lipinski definition) is 3. The van der Waals surface area contributed by atoms with E-state index in [-0.39, 0.29) is 0 Å². The van der Waals surface area contributed by atoms with E-state index in [0.717, 1.165) is 16.7 Å². The molecule has 1 heterocycles. The van der Waals surface area contributed by atoms with E-state index in [1.165, 1.54) is 12.5 Å². The summed E-state index contributed by atoms with van der Waals surface area (Å²) in [7, 11) is 0. The first-order valence-corrected chi connectivity index (χ1v) is 6.57. The molecule has 0 spiro atoms. The summed E-state index contributed by atoms with van der Waals surface area (Å²) in [6.07, 6.45) is 3.02. The molecule has 2 aromatic carbocycles. The summed E-state index contributed by atoms with van der Waals surface area (Å²) in [5.74, 6) is 0. The first kappa shape index (κ1) is 13.1. The first-order valence-electron chi connectivity index (χ1n) is 6.57. The van der Waals surface area contributed by atoms with E-state index in [1.807, 2.05) is 42.5 Å². The molecule has 0 aliphatic rings. The summed E-state index contributed by atoms with van der Waals surface area (Å²) < 4.78 is 5.10. The van der Waals surface area contributed by atoms with Crippen LogP contribution in [0.2, 0.25) is 0 Å². The lowest BCUT2D eigenvalue weighted by molar-refractivity contribution is 0.567. The summed E-state index contributed by atoms with van der Waals surface area (Å²) in [6, 6.07) is 18.1. The Labute approximate surface area is 123 Å². The zero-order chi connectivity index (χ0) is 14.7. The Morgan fingerprint density at radius 3 is 2.24 bits per heavy atom. The quantitative estimate of drug-likeness (QED) is 0.689. The minimum Gasteiger partial charge on any atom is -0.470 e. The number of hydrogen-bond donors (Lipinski definition) is 1. The van der Waals surface area contributed by atoms with Crippen molar-refractivity contribution in [2.75, 3.05) is 0 Å². The van der Waals surface area contributed by atoms with Crippen LogP contribution in [0, 0.1) is 5.41 Å². The zero-order valence-corrected chi connectivity index (χ0v) is 11.4. The third kappa shape index (κ3) is 2.54. The molecule has 1 aromatic heterocycles. The minimum atomic E-state index is 0.380. The lowest BCUT2D eigenvalue weighted by Gasteiger charge is -2.05. The molecule has 3 heteroatoms. The molecule has 0 fully saturated rings. The molecule has 21 heavy (non-hydrogen) atoms. The van der Waals surface area contributed by atoms with Crippen LogP contribution in [0.1, 0.15) is 11.1 Å². The van der Waals surface area contributed by atoms with E-state index in [2.05, 4.69) is 23.8 Å². The summed E-state index contributed by atoms with van der Waals surface area (Å²) in [5, 5.41) is 8.26. The molecule has 0 amide bonds. The monoisotopic (exact) mass is 274 g/mol. The summed E-state index contributed by atoms with van der Waals surface area (Å²) in [6.45, 7) is 3.49. The molecular weight excluding hydrogens is 260 g/mol. The van der Waals surface area contributed by atoms with Crippen LogP contribution in [0.25, 0.3) is 11.1 Å². The molecule has 0 saturated heterocycles. The highest BCUT2D eigenvalue weighted by molar-refractivity contribution is 6.13. The minimum absolute atomic E-state index is 0.380. The molecule has 0 aliphatic carbocycles. The van der Waals surface area contributed by atoms with Gasteiger partial charge in [0.25, 0.3) is 0 Å². The topological polar surface area (TPSA) is 49.4 Å². The number of benzene rings is 2. The first-order chi connectivity index (χ1) is 10.3. The van der Waals surface area contributed by atoms with E-state index >= 15 is 0 Å². The fourth-order valence-corrected chi connectivity index (χ4v) is 2.22. The van der Waals surface area contributed by atoms with E-state index in [9.17, 15) is 0 Å². The van der Waals surface area contributed by atoms with Crippen molar-refractivity contribution in [3.63, 3.8) is 0 Å². The SMILES string of the molecule is C=Nc1cocc1C(=N)c1ccc(-c2ccccc2)cc1. The maximum atomic E-state index is 8.26. The normalized spacial score (nSPS) is 10.3. The van der Waals surface area contributed by atoms with Gasteiger partial charge in [-0.15, -0.1) is 0 Å². The number of aliphatic imine (C=N–C) groups is 1. The van der Waals surface area contributed by atoms with Crippen molar-refractivity contribution in [1.29, 1.82) is 5.41 Å². The van der Waals surface area contributed by atoms with E-state index in [1.54, 1.807) is 0 Å². The van der Waals surface area contributed by atoms with Crippen LogP contribution >= 0.6 is 0 Å². The highest BCUT2D eigenvalue weighted by Gasteiger charge is 2.11. The number of nitrogens with one attached hydrogen (secondary N) is 1. The largest absolute Gasteiger partial charge is 0.470 e. The van der Waals surface area contributed by atoms with Gasteiger partial charge in [-0.1, -0.05) is 54.6 Å². The molecule has 1 N–H and O–H groups in total. The van der Waals surface area contributed by atoms with Gasteiger partial charge in [0.05, 0.1) is 11.3 Å². The van der Waals surface area contributed by atoms with Crippen LogP contribution in [-0.2, 0) is 0 Å². The molecule has 0 bridgehead atoms. The standard InChI is InChI=1S/C18H14N2O/c1-20-17-12-21-11-16(17)18(19)15-9-7-14(8-10-15)13-5-3-2-4-6-13/h2-12,19H,1H2. The third-order valence-corrected chi connectivity index (χ3v) is 3.36. The second-order valence-corrected chi connectivity index (χ2v) is 4.65. The average molecular weight is 274 g/mol. The second-order valence-electron chi connectivity index (χ2n) is 4.65. The van der Waals surface area contributed by atoms with Gasteiger partial charge in [0.1, 0.15) is 18.2 Å². The van der Waals surface area contributed by atoms with E-state index in [0.29, 0.717) is 17.0 Å². The molecule has 0 saturated carbocycles. The van der Waals surface area contributed by atoms with Gasteiger partial charge in [0.2, 0.25) is 0 Å². The summed E-state index contributed by atoms with van der Waals surface area (Å²) in [5.41, 5.74) is 4.73. The van der Waals surface area contributed by atoms with Crippen molar-refractivity contribution < 1.29 is 4.42 Å². The van der Waals surface area contributed by atoms with Crippen LogP contribution < -0.4 is 0 Å². The predicted octanol–water partition coefficient (Wildman–Crippen LogP) is 4.69. The highest BCUT2D eigenvalue weighted by Crippen LogP contribution is 2.24. The Morgan fingerprint density at radius 1 is 0.905 bits per heavy atom. The second kappa shape index (κ2) is 5.59. The molecular formula is C18H14N2O. The van der Waals surface area contributed by atoms with Crippen molar-refractivity contribution >= 4 is 18.1 Å². The van der Waals surface area contributed by atoms with Crippen molar-refractivity contribution in [2.24, 2.45) is 4.99 Å². The number of nitrogens with zero attached hydrogens (tertiary/aromatic N) is 1. The van der Waals surface area contributed by atoms with Gasteiger partial charge in [-0.2, -0.15) is 0 Å². The summed E-state index contributed by atoms with van der Waals surface area (Å²) >= 11 is 0. The average Bonchev–Trinajstić information content (AvgIpc) is 3.04. The maximum Gasteiger partial charge on any atom is 0.117 e. The van der Waals surface area contributed by atoms with Gasteiger partial charge in [-0.3, -0.25) is 10.4 Å². The lowest BCUT2D eigenvalue weighted by Crippen LogP contribution is -1.99. The fraction of sp³-hybridized carbons (Fsp3) is 0. The van der Waals surface area contributed by atoms with Gasteiger partial charge in [-0.05, 0) is 17.8 Å². The Kier molecular flexibility index (Phi) is 3.48. The molecule has 0 aliphatic heterocycles. The fourth-order valence-electron chi connectivity index (χ4n) is 2.22. The van der Waals surface area contributed by atoms with Crippen LogP contribution in [0.5, 0.6) is 0 Å². The van der Waals surface area contributed by atoms with Crippen LogP contribution in [0.4, 0.5) is 5.69 Å². The molecule has 0 atom stereocenters. The van der Waals surface area contributed by atoms with Gasteiger partial charge in [-0.25, -0.2) is 0 Å². The number of furan rings is 1. The predicted molar refractivity (Wildman–Crippen MR) is 85.7 cm³/mol. The van der Waals surface area contributed by atoms with Crippen LogP contribution in [-0.4, -0.2) is 12.4 Å². The molecule has 3 nitrogen and oxygen atoms in total. The van der Waals surface area contributed by atoms with E-state index < -0.39 is 0 Å². The highest BCUT2D eigenvalue weighted by atomic mass is 16.3. The molecule has 3 aromatic rings. The van der Waals surface area contributed by atoms with Crippen LogP contribution in [0.3, 0.4) is 0 Å². The van der Waals surface area contributed by atoms with Gasteiger partial charge < -0.3 is 4.42 Å². The van der Waals surface area contributed by atoms with Crippen molar-refractivity contribution in [3.8, 4) is 11.1 Å². The van der Waals surface area contributed by atoms with Crippen molar-refractivity contribution in [3.05, 3.63) is 78.3 Å². The molecule has 102 valence electrons. The van der Waals surface area contributed by atoms with Gasteiger partial charge in [0, 0.05) is 5.56 Å². The smallest absolute Gasteiger partial charge is 0.117 e. The third-order valence-electron chi connectivity index (χ3n) is 3.36. The van der Waals surface area contributed by atoms with Crippen molar-refractivity contribution in [1.82, 2.24) is 0 Å². The zero-order valence-electron chi connectivity index (χ0n) is 11.4. The van der Waals surface area contributed by atoms with Crippen molar-refractivity contribution in [2.45, 2.75) is 0 Å². The Morgan fingerprint density at radius 2 is 1.57 bits per heavy atom. The maximum absolute atomic E-state index is 8.26.